The molecule has 0 unspecified atom stereocenters. The molecular weight excluding hydrogens is 244 g/mol. The van der Waals surface area contributed by atoms with Gasteiger partial charge in [-0.2, -0.15) is 11.8 Å². The van der Waals surface area contributed by atoms with Crippen molar-refractivity contribution in [3.8, 4) is 0 Å². The van der Waals surface area contributed by atoms with E-state index in [9.17, 15) is 0 Å². The van der Waals surface area contributed by atoms with Crippen LogP contribution in [0.25, 0.3) is 0 Å². The molecule has 0 aliphatic heterocycles. The van der Waals surface area contributed by atoms with Crippen molar-refractivity contribution in [3.63, 3.8) is 0 Å². The van der Waals surface area contributed by atoms with E-state index in [0.717, 1.165) is 0 Å². The predicted molar refractivity (Wildman–Crippen MR) is 66.9 cm³/mol. The lowest BCUT2D eigenvalue weighted by atomic mass is 9.92. The summed E-state index contributed by atoms with van der Waals surface area (Å²) in [5, 5.41) is 1.22. The van der Waals surface area contributed by atoms with Crippen LogP contribution in [-0.2, 0) is 0 Å². The lowest BCUT2D eigenvalue weighted by Gasteiger charge is -2.25. The van der Waals surface area contributed by atoms with Gasteiger partial charge in [0.25, 0.3) is 0 Å². The minimum absolute atomic E-state index is 0.665. The third kappa shape index (κ3) is 3.83. The minimum atomic E-state index is 0.665. The third-order valence-corrected chi connectivity index (χ3v) is 5.58. The summed E-state index contributed by atoms with van der Waals surface area (Å²) in [6, 6.07) is 0. The molecule has 0 spiro atoms. The Morgan fingerprint density at radius 2 is 2.00 bits per heavy atom. The van der Waals surface area contributed by atoms with Gasteiger partial charge in [-0.15, -0.1) is 0 Å². The van der Waals surface area contributed by atoms with E-state index in [1.54, 1.807) is 0 Å². The summed E-state index contributed by atoms with van der Waals surface area (Å²) in [6.07, 6.45) is 8.56. The number of thioether (sulfide) groups is 1. The summed E-state index contributed by atoms with van der Waals surface area (Å²) in [6.45, 7) is 2.27. The van der Waals surface area contributed by atoms with Crippen molar-refractivity contribution in [2.24, 2.45) is 5.41 Å². The number of alkyl halides is 1. The van der Waals surface area contributed by atoms with Gasteiger partial charge in [-0.1, -0.05) is 42.1 Å². The molecule has 0 radical (unpaired) electrons. The van der Waals surface area contributed by atoms with Crippen LogP contribution in [0.4, 0.5) is 0 Å². The van der Waals surface area contributed by atoms with Crippen molar-refractivity contribution < 1.29 is 0 Å². The first-order chi connectivity index (χ1) is 6.33. The Labute approximate surface area is 95.4 Å². The Kier molecular flexibility index (Phi) is 5.80. The quantitative estimate of drug-likeness (QED) is 0.504. The molecular formula is C11H21BrS. The number of rotatable bonds is 6. The van der Waals surface area contributed by atoms with E-state index in [0.29, 0.717) is 5.41 Å². The van der Waals surface area contributed by atoms with Gasteiger partial charge in [-0.3, -0.25) is 0 Å². The highest BCUT2D eigenvalue weighted by Gasteiger charge is 2.32. The van der Waals surface area contributed by atoms with Crippen LogP contribution >= 0.6 is 27.7 Å². The molecule has 13 heavy (non-hydrogen) atoms. The van der Waals surface area contributed by atoms with Crippen LogP contribution in [0.5, 0.6) is 0 Å². The van der Waals surface area contributed by atoms with E-state index in [-0.39, 0.29) is 0 Å². The molecule has 0 heterocycles. The highest BCUT2D eigenvalue weighted by atomic mass is 79.9. The van der Waals surface area contributed by atoms with Crippen LogP contribution in [0, 0.1) is 5.41 Å². The van der Waals surface area contributed by atoms with Crippen molar-refractivity contribution >= 4 is 27.7 Å². The van der Waals surface area contributed by atoms with Gasteiger partial charge in [0.15, 0.2) is 0 Å². The molecule has 0 bridgehead atoms. The van der Waals surface area contributed by atoms with Crippen LogP contribution in [-0.4, -0.2) is 16.8 Å². The maximum absolute atomic E-state index is 3.69. The average molecular weight is 265 g/mol. The fourth-order valence-electron chi connectivity index (χ4n) is 1.98. The zero-order valence-electron chi connectivity index (χ0n) is 8.65. The van der Waals surface area contributed by atoms with Gasteiger partial charge in [-0.05, 0) is 36.2 Å². The van der Waals surface area contributed by atoms with E-state index in [2.05, 4.69) is 34.6 Å². The molecule has 1 fully saturated rings. The highest BCUT2D eigenvalue weighted by Crippen LogP contribution is 2.42. The Morgan fingerprint density at radius 1 is 1.31 bits per heavy atom. The maximum Gasteiger partial charge on any atom is 0.00958 e. The van der Waals surface area contributed by atoms with Crippen LogP contribution < -0.4 is 0 Å². The Bertz CT molecular complexity index is 130. The molecule has 0 nitrogen and oxygen atoms in total. The molecule has 1 rings (SSSR count). The van der Waals surface area contributed by atoms with Crippen molar-refractivity contribution in [1.29, 1.82) is 0 Å². The summed E-state index contributed by atoms with van der Waals surface area (Å²) in [5.41, 5.74) is 0.665. The van der Waals surface area contributed by atoms with Crippen LogP contribution in [0.3, 0.4) is 0 Å². The SMILES string of the molecule is CCCCSCC1(CBr)CCCC1. The lowest BCUT2D eigenvalue weighted by molar-refractivity contribution is 0.405. The second kappa shape index (κ2) is 6.34. The Morgan fingerprint density at radius 3 is 2.54 bits per heavy atom. The first-order valence-corrected chi connectivity index (χ1v) is 7.74. The zero-order chi connectivity index (χ0) is 9.57. The van der Waals surface area contributed by atoms with Gasteiger partial charge in [0.2, 0.25) is 0 Å². The fraction of sp³-hybridized carbons (Fsp3) is 1.00. The van der Waals surface area contributed by atoms with Crippen molar-refractivity contribution in [3.05, 3.63) is 0 Å². The van der Waals surface area contributed by atoms with Gasteiger partial charge in [0, 0.05) is 5.33 Å². The van der Waals surface area contributed by atoms with Gasteiger partial charge in [-0.25, -0.2) is 0 Å². The zero-order valence-corrected chi connectivity index (χ0v) is 11.1. The lowest BCUT2D eigenvalue weighted by Crippen LogP contribution is -2.21. The van der Waals surface area contributed by atoms with E-state index in [1.807, 2.05) is 0 Å². The first kappa shape index (κ1) is 11.9. The second-order valence-corrected chi connectivity index (χ2v) is 5.91. The second-order valence-electron chi connectivity index (χ2n) is 4.25. The number of halogens is 1. The number of hydrogen-bond donors (Lipinski definition) is 0. The Balaban J connectivity index is 2.16. The fourth-order valence-corrected chi connectivity index (χ4v) is 4.46. The van der Waals surface area contributed by atoms with Crippen molar-refractivity contribution in [2.75, 3.05) is 16.8 Å². The number of hydrogen-bond acceptors (Lipinski definition) is 1. The predicted octanol–water partition coefficient (Wildman–Crippen LogP) is 4.48. The summed E-state index contributed by atoms with van der Waals surface area (Å²) in [5.74, 6) is 2.75. The van der Waals surface area contributed by atoms with Crippen molar-refractivity contribution in [2.45, 2.75) is 45.4 Å². The Hall–Kier alpha value is 0.830. The molecule has 1 aliphatic carbocycles. The van der Waals surface area contributed by atoms with Crippen LogP contribution in [0.15, 0.2) is 0 Å². The molecule has 1 saturated carbocycles. The first-order valence-electron chi connectivity index (χ1n) is 5.47. The summed E-state index contributed by atoms with van der Waals surface area (Å²) < 4.78 is 0. The smallest absolute Gasteiger partial charge is 0.00958 e. The van der Waals surface area contributed by atoms with Gasteiger partial charge in [0.1, 0.15) is 0 Å². The summed E-state index contributed by atoms with van der Waals surface area (Å²) in [7, 11) is 0. The maximum atomic E-state index is 3.69. The molecule has 0 amide bonds. The largest absolute Gasteiger partial charge is 0.161 e. The van der Waals surface area contributed by atoms with E-state index in [1.165, 1.54) is 55.4 Å². The molecule has 0 saturated heterocycles. The third-order valence-electron chi connectivity index (χ3n) is 3.00. The topological polar surface area (TPSA) is 0 Å². The summed E-state index contributed by atoms with van der Waals surface area (Å²) in [4.78, 5) is 0. The molecule has 0 N–H and O–H groups in total. The van der Waals surface area contributed by atoms with E-state index in [4.69, 9.17) is 0 Å². The molecule has 1 aliphatic rings. The molecule has 0 atom stereocenters. The molecule has 0 aromatic heterocycles. The van der Waals surface area contributed by atoms with Gasteiger partial charge < -0.3 is 0 Å². The van der Waals surface area contributed by atoms with Gasteiger partial charge in [0.05, 0.1) is 0 Å². The number of unbranched alkanes of at least 4 members (excludes halogenated alkanes) is 1. The molecule has 2 heteroatoms. The van der Waals surface area contributed by atoms with Crippen LogP contribution in [0.1, 0.15) is 45.4 Å². The van der Waals surface area contributed by atoms with E-state index >= 15 is 0 Å². The van der Waals surface area contributed by atoms with Crippen LogP contribution in [0.2, 0.25) is 0 Å². The minimum Gasteiger partial charge on any atom is -0.161 e. The van der Waals surface area contributed by atoms with E-state index < -0.39 is 0 Å². The van der Waals surface area contributed by atoms with Gasteiger partial charge >= 0.3 is 0 Å². The monoisotopic (exact) mass is 264 g/mol. The van der Waals surface area contributed by atoms with Crippen molar-refractivity contribution in [1.82, 2.24) is 0 Å². The normalized spacial score (nSPS) is 20.8. The molecule has 78 valence electrons. The molecule has 0 aromatic rings. The standard InChI is InChI=1S/C11H21BrS/c1-2-3-8-13-10-11(9-12)6-4-5-7-11/h2-10H2,1H3. The molecule has 0 aromatic carbocycles. The average Bonchev–Trinajstić information content (AvgIpc) is 2.62. The highest BCUT2D eigenvalue weighted by molar-refractivity contribution is 9.09. The summed E-state index contributed by atoms with van der Waals surface area (Å²) >= 11 is 5.86.